The SMILES string of the molecule is CS(=S)CCCN1CCCC1. The number of hydrogen-bond donors (Lipinski definition) is 0. The molecule has 0 radical (unpaired) electrons. The summed E-state index contributed by atoms with van der Waals surface area (Å²) in [5.74, 6) is 1.24. The average Bonchev–Trinajstić information content (AvgIpc) is 2.39. The molecule has 0 amide bonds. The molecule has 0 N–H and O–H groups in total. The number of hydrogen-bond acceptors (Lipinski definition) is 2. The zero-order valence-corrected chi connectivity index (χ0v) is 8.85. The predicted molar refractivity (Wildman–Crippen MR) is 55.8 cm³/mol. The van der Waals surface area contributed by atoms with Gasteiger partial charge in [0.1, 0.15) is 0 Å². The van der Waals surface area contributed by atoms with Crippen molar-refractivity contribution in [2.75, 3.05) is 31.6 Å². The molecule has 1 rings (SSSR count). The van der Waals surface area contributed by atoms with Crippen molar-refractivity contribution in [3.63, 3.8) is 0 Å². The van der Waals surface area contributed by atoms with Gasteiger partial charge in [-0.05, 0) is 50.9 Å². The fourth-order valence-electron chi connectivity index (χ4n) is 1.50. The third kappa shape index (κ3) is 4.19. The van der Waals surface area contributed by atoms with Crippen molar-refractivity contribution in [1.82, 2.24) is 4.90 Å². The molecule has 0 spiro atoms. The van der Waals surface area contributed by atoms with Crippen LogP contribution in [-0.4, -0.2) is 36.5 Å². The summed E-state index contributed by atoms with van der Waals surface area (Å²) < 4.78 is 0. The van der Waals surface area contributed by atoms with E-state index in [2.05, 4.69) is 11.2 Å². The van der Waals surface area contributed by atoms with Crippen LogP contribution in [0, 0.1) is 0 Å². The topological polar surface area (TPSA) is 3.24 Å². The van der Waals surface area contributed by atoms with Crippen LogP contribution in [0.15, 0.2) is 0 Å². The van der Waals surface area contributed by atoms with Crippen LogP contribution >= 0.6 is 0 Å². The van der Waals surface area contributed by atoms with E-state index in [1.807, 2.05) is 0 Å². The molecule has 1 nitrogen and oxygen atoms in total. The smallest absolute Gasteiger partial charge is 0.00108 e. The van der Waals surface area contributed by atoms with Crippen LogP contribution in [0.3, 0.4) is 0 Å². The molecule has 1 fully saturated rings. The summed E-state index contributed by atoms with van der Waals surface area (Å²) in [7, 11) is 0.241. The summed E-state index contributed by atoms with van der Waals surface area (Å²) in [5.41, 5.74) is 0. The minimum absolute atomic E-state index is 0.241. The van der Waals surface area contributed by atoms with Crippen LogP contribution in [0.25, 0.3) is 0 Å². The first-order chi connectivity index (χ1) is 5.29. The molecule has 0 aromatic heterocycles. The maximum Gasteiger partial charge on any atom is -0.00108 e. The zero-order chi connectivity index (χ0) is 8.10. The molecule has 0 saturated carbocycles. The highest BCUT2D eigenvalue weighted by Crippen LogP contribution is 2.07. The lowest BCUT2D eigenvalue weighted by Crippen LogP contribution is -2.21. The van der Waals surface area contributed by atoms with E-state index in [0.29, 0.717) is 0 Å². The Bertz CT molecular complexity index is 130. The normalized spacial score (nSPS) is 22.3. The van der Waals surface area contributed by atoms with Crippen LogP contribution in [0.1, 0.15) is 19.3 Å². The Labute approximate surface area is 76.7 Å². The van der Waals surface area contributed by atoms with Crippen LogP contribution in [0.5, 0.6) is 0 Å². The summed E-state index contributed by atoms with van der Waals surface area (Å²) in [5, 5.41) is 0. The van der Waals surface area contributed by atoms with Gasteiger partial charge in [0, 0.05) is 0 Å². The standard InChI is InChI=1S/C8H17NS2/c1-11(10)8-4-7-9-5-2-3-6-9/h2-8H2,1H3. The molecule has 0 aliphatic carbocycles. The monoisotopic (exact) mass is 191 g/mol. The van der Waals surface area contributed by atoms with Gasteiger partial charge in [0.05, 0.1) is 0 Å². The van der Waals surface area contributed by atoms with Gasteiger partial charge in [-0.15, -0.1) is 9.45 Å². The van der Waals surface area contributed by atoms with E-state index < -0.39 is 0 Å². The highest BCUT2D eigenvalue weighted by molar-refractivity contribution is 8.28. The van der Waals surface area contributed by atoms with Crippen LogP contribution in [0.4, 0.5) is 0 Å². The molecule has 0 aromatic carbocycles. The summed E-state index contributed by atoms with van der Waals surface area (Å²) in [6.45, 7) is 3.94. The molecule has 0 bridgehead atoms. The summed E-state index contributed by atoms with van der Waals surface area (Å²) in [6.07, 6.45) is 6.28. The zero-order valence-electron chi connectivity index (χ0n) is 7.21. The minimum atomic E-state index is 0.241. The fraction of sp³-hybridized carbons (Fsp3) is 1.00. The molecule has 1 atom stereocenters. The summed E-state index contributed by atoms with van der Waals surface area (Å²) >= 11 is 5.13. The molecule has 66 valence electrons. The van der Waals surface area contributed by atoms with Crippen LogP contribution in [0.2, 0.25) is 0 Å². The Balaban J connectivity index is 1.98. The lowest BCUT2D eigenvalue weighted by atomic mass is 10.4. The van der Waals surface area contributed by atoms with Gasteiger partial charge in [-0.3, -0.25) is 0 Å². The Morgan fingerprint density at radius 2 is 2.00 bits per heavy atom. The quantitative estimate of drug-likeness (QED) is 0.656. The maximum atomic E-state index is 5.13. The van der Waals surface area contributed by atoms with Gasteiger partial charge < -0.3 is 4.90 Å². The van der Waals surface area contributed by atoms with Gasteiger partial charge in [0.25, 0.3) is 0 Å². The molecule has 1 unspecified atom stereocenters. The first-order valence-electron chi connectivity index (χ1n) is 4.31. The van der Waals surface area contributed by atoms with Crippen molar-refractivity contribution < 1.29 is 0 Å². The Morgan fingerprint density at radius 3 is 2.55 bits per heavy atom. The molecular formula is C8H17NS2. The second kappa shape index (κ2) is 5.22. The van der Waals surface area contributed by atoms with Crippen molar-refractivity contribution in [2.24, 2.45) is 0 Å². The van der Waals surface area contributed by atoms with Crippen LogP contribution < -0.4 is 0 Å². The Hall–Kier alpha value is 0.530. The number of rotatable bonds is 4. The van der Waals surface area contributed by atoms with E-state index in [0.717, 1.165) is 0 Å². The van der Waals surface area contributed by atoms with Crippen molar-refractivity contribution in [1.29, 1.82) is 0 Å². The van der Waals surface area contributed by atoms with Gasteiger partial charge in [0.2, 0.25) is 0 Å². The second-order valence-corrected chi connectivity index (χ2v) is 6.44. The molecule has 1 heterocycles. The first kappa shape index (κ1) is 9.62. The predicted octanol–water partition coefficient (Wildman–Crippen LogP) is 1.18. The molecule has 11 heavy (non-hydrogen) atoms. The number of nitrogens with zero attached hydrogens (tertiary/aromatic N) is 1. The highest BCUT2D eigenvalue weighted by atomic mass is 32.8. The van der Waals surface area contributed by atoms with E-state index in [1.165, 1.54) is 44.6 Å². The Kier molecular flexibility index (Phi) is 4.57. The van der Waals surface area contributed by atoms with Crippen molar-refractivity contribution in [2.45, 2.75) is 19.3 Å². The van der Waals surface area contributed by atoms with E-state index in [9.17, 15) is 0 Å². The third-order valence-corrected chi connectivity index (χ3v) is 3.47. The van der Waals surface area contributed by atoms with Gasteiger partial charge in [0.15, 0.2) is 0 Å². The summed E-state index contributed by atoms with van der Waals surface area (Å²) in [6, 6.07) is 0. The van der Waals surface area contributed by atoms with Gasteiger partial charge in [-0.1, -0.05) is 11.2 Å². The van der Waals surface area contributed by atoms with E-state index >= 15 is 0 Å². The first-order valence-corrected chi connectivity index (χ1v) is 7.04. The van der Waals surface area contributed by atoms with Crippen molar-refractivity contribution >= 4 is 20.6 Å². The van der Waals surface area contributed by atoms with Crippen molar-refractivity contribution in [3.8, 4) is 0 Å². The molecule has 0 aromatic rings. The lowest BCUT2D eigenvalue weighted by molar-refractivity contribution is 0.341. The van der Waals surface area contributed by atoms with E-state index in [4.69, 9.17) is 11.2 Å². The fourth-order valence-corrected chi connectivity index (χ4v) is 2.39. The van der Waals surface area contributed by atoms with Crippen molar-refractivity contribution in [3.05, 3.63) is 0 Å². The molecular weight excluding hydrogens is 174 g/mol. The van der Waals surface area contributed by atoms with E-state index in [1.54, 1.807) is 0 Å². The highest BCUT2D eigenvalue weighted by Gasteiger charge is 2.09. The van der Waals surface area contributed by atoms with E-state index in [-0.39, 0.29) is 9.45 Å². The summed E-state index contributed by atoms with van der Waals surface area (Å²) in [4.78, 5) is 2.56. The van der Waals surface area contributed by atoms with Gasteiger partial charge in [-0.2, -0.15) is 0 Å². The minimum Gasteiger partial charge on any atom is -0.303 e. The molecule has 1 aliphatic heterocycles. The average molecular weight is 191 g/mol. The van der Waals surface area contributed by atoms with Crippen LogP contribution in [-0.2, 0) is 20.6 Å². The van der Waals surface area contributed by atoms with Gasteiger partial charge in [-0.25, -0.2) is 0 Å². The molecule has 1 aliphatic rings. The lowest BCUT2D eigenvalue weighted by Gasteiger charge is -2.13. The third-order valence-electron chi connectivity index (χ3n) is 2.10. The number of likely N-dealkylation sites (tertiary alicyclic amines) is 1. The largest absolute Gasteiger partial charge is 0.303 e. The molecule has 1 saturated heterocycles. The molecule has 3 heteroatoms. The second-order valence-electron chi connectivity index (χ2n) is 3.18. The Morgan fingerprint density at radius 1 is 1.36 bits per heavy atom. The van der Waals surface area contributed by atoms with Gasteiger partial charge >= 0.3 is 0 Å². The maximum absolute atomic E-state index is 5.13.